The van der Waals surface area contributed by atoms with Crippen molar-refractivity contribution in [3.05, 3.63) is 93.3 Å². The van der Waals surface area contributed by atoms with Crippen molar-refractivity contribution in [2.24, 2.45) is 0 Å². The summed E-state index contributed by atoms with van der Waals surface area (Å²) in [6.45, 7) is 6.11. The first-order chi connectivity index (χ1) is 15.3. The van der Waals surface area contributed by atoms with E-state index in [0.29, 0.717) is 12.1 Å². The molecule has 2 aromatic carbocycles. The number of carbonyl (C=O) groups excluding carboxylic acids is 1. The lowest BCUT2D eigenvalue weighted by molar-refractivity contribution is -0.384. The van der Waals surface area contributed by atoms with E-state index in [2.05, 4.69) is 25.2 Å². The van der Waals surface area contributed by atoms with Crippen LogP contribution in [0, 0.1) is 30.9 Å². The van der Waals surface area contributed by atoms with Crippen LogP contribution in [0.25, 0.3) is 5.69 Å². The van der Waals surface area contributed by atoms with Crippen LogP contribution in [0.2, 0.25) is 0 Å². The number of aryl methyl sites for hydroxylation is 2. The number of hydrogen-bond donors (Lipinski definition) is 1. The lowest BCUT2D eigenvalue weighted by atomic mass is 9.96. The maximum atomic E-state index is 12.3. The van der Waals surface area contributed by atoms with Gasteiger partial charge in [-0.1, -0.05) is 30.3 Å². The molecule has 1 heterocycles. The average Bonchev–Trinajstić information content (AvgIpc) is 3.31. The Morgan fingerprint density at radius 1 is 1.16 bits per heavy atom. The van der Waals surface area contributed by atoms with Crippen LogP contribution in [0.1, 0.15) is 34.9 Å². The smallest absolute Gasteiger partial charge is 0.412 e. The molecule has 1 amide bonds. The Morgan fingerprint density at radius 3 is 2.69 bits per heavy atom. The molecule has 0 saturated carbocycles. The Balaban J connectivity index is 1.44. The number of non-ortho nitro benzene ring substituents is 1. The molecule has 0 fully saturated rings. The van der Waals surface area contributed by atoms with Gasteiger partial charge in [0.05, 0.1) is 22.0 Å². The first kappa shape index (κ1) is 21.3. The standard InChI is InChI=1S/C24H24N4O4/c1-15-7-4-5-10-22(15)27-17(3)23(16(2)26-27)18-11-12-21(13-18)32-24(29)25-19-8-6-9-20(14-19)28(30)31/h4-12,14,18,21H,13H2,1-3H3,(H,25,29)/t18-,21+/m0/s1. The maximum Gasteiger partial charge on any atom is 0.412 e. The molecule has 0 unspecified atom stereocenters. The number of aromatic nitrogens is 2. The Hall–Kier alpha value is -3.94. The fraction of sp³-hybridized carbons (Fsp3) is 0.250. The Labute approximate surface area is 185 Å². The van der Waals surface area contributed by atoms with Crippen molar-refractivity contribution in [1.29, 1.82) is 0 Å². The molecule has 32 heavy (non-hydrogen) atoms. The van der Waals surface area contributed by atoms with Gasteiger partial charge in [-0.15, -0.1) is 0 Å². The van der Waals surface area contributed by atoms with E-state index in [1.807, 2.05) is 42.0 Å². The SMILES string of the molecule is Cc1ccccc1-n1nc(C)c([C@H]2C=C[C@@H](OC(=O)Nc3cccc([N+](=O)[O-])c3)C2)c1C. The number of para-hydroxylation sites is 1. The van der Waals surface area contributed by atoms with Crippen LogP contribution in [0.5, 0.6) is 0 Å². The van der Waals surface area contributed by atoms with Gasteiger partial charge in [-0.2, -0.15) is 5.10 Å². The third-order valence-corrected chi connectivity index (χ3v) is 5.67. The van der Waals surface area contributed by atoms with Gasteiger partial charge in [0, 0.05) is 29.3 Å². The number of nitrogens with one attached hydrogen (secondary N) is 1. The molecule has 0 radical (unpaired) electrons. The number of hydrogen-bond acceptors (Lipinski definition) is 5. The summed E-state index contributed by atoms with van der Waals surface area (Å²) in [5, 5.41) is 18.2. The van der Waals surface area contributed by atoms with Crippen LogP contribution in [0.4, 0.5) is 16.2 Å². The molecular weight excluding hydrogens is 408 g/mol. The van der Waals surface area contributed by atoms with Gasteiger partial charge in [0.25, 0.3) is 5.69 Å². The van der Waals surface area contributed by atoms with Gasteiger partial charge in [0.15, 0.2) is 0 Å². The van der Waals surface area contributed by atoms with E-state index in [9.17, 15) is 14.9 Å². The summed E-state index contributed by atoms with van der Waals surface area (Å²) in [5.41, 5.74) is 5.55. The summed E-state index contributed by atoms with van der Waals surface area (Å²) in [6.07, 6.45) is 3.50. The first-order valence-corrected chi connectivity index (χ1v) is 10.4. The van der Waals surface area contributed by atoms with Gasteiger partial charge in [0.1, 0.15) is 6.10 Å². The molecular formula is C24H24N4O4. The van der Waals surface area contributed by atoms with E-state index in [4.69, 9.17) is 9.84 Å². The Kier molecular flexibility index (Phi) is 5.77. The molecule has 1 aromatic heterocycles. The van der Waals surface area contributed by atoms with Crippen molar-refractivity contribution < 1.29 is 14.5 Å². The molecule has 0 bridgehead atoms. The van der Waals surface area contributed by atoms with E-state index in [0.717, 1.165) is 28.2 Å². The normalized spacial score (nSPS) is 17.3. The number of ether oxygens (including phenoxy) is 1. The molecule has 3 aromatic rings. The highest BCUT2D eigenvalue weighted by atomic mass is 16.6. The van der Waals surface area contributed by atoms with E-state index in [1.54, 1.807) is 6.07 Å². The highest BCUT2D eigenvalue weighted by Gasteiger charge is 2.28. The van der Waals surface area contributed by atoms with E-state index in [1.165, 1.54) is 18.2 Å². The van der Waals surface area contributed by atoms with Crippen molar-refractivity contribution >= 4 is 17.5 Å². The Bertz CT molecular complexity index is 1210. The highest BCUT2D eigenvalue weighted by Crippen LogP contribution is 2.35. The zero-order chi connectivity index (χ0) is 22.8. The lowest BCUT2D eigenvalue weighted by Crippen LogP contribution is -2.20. The lowest BCUT2D eigenvalue weighted by Gasteiger charge is -2.15. The zero-order valence-electron chi connectivity index (χ0n) is 18.1. The number of nitro groups is 1. The molecule has 0 aliphatic heterocycles. The maximum absolute atomic E-state index is 12.3. The quantitative estimate of drug-likeness (QED) is 0.332. The molecule has 8 heteroatoms. The predicted octanol–water partition coefficient (Wildman–Crippen LogP) is 5.37. The molecule has 8 nitrogen and oxygen atoms in total. The summed E-state index contributed by atoms with van der Waals surface area (Å²) in [4.78, 5) is 22.7. The number of amides is 1. The second kappa shape index (κ2) is 8.66. The topological polar surface area (TPSA) is 99.3 Å². The Morgan fingerprint density at radius 2 is 1.94 bits per heavy atom. The minimum Gasteiger partial charge on any atom is -0.442 e. The highest BCUT2D eigenvalue weighted by molar-refractivity contribution is 5.85. The number of anilines is 1. The summed E-state index contributed by atoms with van der Waals surface area (Å²) in [5.74, 6) is 0.0865. The molecule has 164 valence electrons. The molecule has 4 rings (SSSR count). The fourth-order valence-corrected chi connectivity index (χ4v) is 4.18. The number of benzene rings is 2. The number of carbonyl (C=O) groups is 1. The van der Waals surface area contributed by atoms with Crippen LogP contribution in [-0.2, 0) is 4.74 Å². The van der Waals surface area contributed by atoms with Crippen LogP contribution < -0.4 is 5.32 Å². The monoisotopic (exact) mass is 432 g/mol. The van der Waals surface area contributed by atoms with Crippen LogP contribution in [0.3, 0.4) is 0 Å². The van der Waals surface area contributed by atoms with Crippen LogP contribution >= 0.6 is 0 Å². The second-order valence-corrected chi connectivity index (χ2v) is 7.89. The number of rotatable bonds is 5. The molecule has 0 saturated heterocycles. The van der Waals surface area contributed by atoms with Gasteiger partial charge in [0.2, 0.25) is 0 Å². The predicted molar refractivity (Wildman–Crippen MR) is 121 cm³/mol. The number of allylic oxidation sites excluding steroid dienone is 1. The second-order valence-electron chi connectivity index (χ2n) is 7.89. The third-order valence-electron chi connectivity index (χ3n) is 5.67. The van der Waals surface area contributed by atoms with Gasteiger partial charge >= 0.3 is 6.09 Å². The first-order valence-electron chi connectivity index (χ1n) is 10.4. The minimum absolute atomic E-state index is 0.0865. The molecule has 1 N–H and O–H groups in total. The molecule has 1 aliphatic rings. The van der Waals surface area contributed by atoms with Gasteiger partial charge in [-0.25, -0.2) is 9.48 Å². The van der Waals surface area contributed by atoms with E-state index in [-0.39, 0.29) is 17.7 Å². The van der Waals surface area contributed by atoms with Crippen molar-refractivity contribution in [3.8, 4) is 5.69 Å². The van der Waals surface area contributed by atoms with Crippen molar-refractivity contribution in [2.75, 3.05) is 5.32 Å². The minimum atomic E-state index is -0.648. The molecule has 2 atom stereocenters. The largest absolute Gasteiger partial charge is 0.442 e. The van der Waals surface area contributed by atoms with Crippen molar-refractivity contribution in [2.45, 2.75) is 39.2 Å². The van der Waals surface area contributed by atoms with Crippen LogP contribution in [-0.4, -0.2) is 26.9 Å². The average molecular weight is 432 g/mol. The summed E-state index contributed by atoms with van der Waals surface area (Å²) in [7, 11) is 0. The van der Waals surface area contributed by atoms with E-state index >= 15 is 0 Å². The zero-order valence-corrected chi connectivity index (χ0v) is 18.1. The number of nitro benzene ring substituents is 1. The molecule has 0 spiro atoms. The third kappa shape index (κ3) is 4.25. The van der Waals surface area contributed by atoms with Gasteiger partial charge < -0.3 is 4.74 Å². The van der Waals surface area contributed by atoms with Gasteiger partial charge in [-0.05, 0) is 51.0 Å². The molecule has 1 aliphatic carbocycles. The van der Waals surface area contributed by atoms with Crippen molar-refractivity contribution in [3.63, 3.8) is 0 Å². The van der Waals surface area contributed by atoms with Gasteiger partial charge in [-0.3, -0.25) is 15.4 Å². The summed E-state index contributed by atoms with van der Waals surface area (Å²) < 4.78 is 7.49. The summed E-state index contributed by atoms with van der Waals surface area (Å²) >= 11 is 0. The fourth-order valence-electron chi connectivity index (χ4n) is 4.18. The summed E-state index contributed by atoms with van der Waals surface area (Å²) in [6, 6.07) is 13.9. The van der Waals surface area contributed by atoms with Crippen LogP contribution in [0.15, 0.2) is 60.7 Å². The van der Waals surface area contributed by atoms with E-state index < -0.39 is 11.0 Å². The van der Waals surface area contributed by atoms with Crippen molar-refractivity contribution in [1.82, 2.24) is 9.78 Å². The number of nitrogens with zero attached hydrogens (tertiary/aromatic N) is 3.